The molecule has 2 amide bonds. The van der Waals surface area contributed by atoms with Gasteiger partial charge in [0.15, 0.2) is 0 Å². The lowest BCUT2D eigenvalue weighted by molar-refractivity contribution is -0.136. The molecule has 1 saturated carbocycles. The van der Waals surface area contributed by atoms with E-state index in [9.17, 15) is 18.0 Å². The van der Waals surface area contributed by atoms with Crippen molar-refractivity contribution in [3.05, 3.63) is 35.9 Å². The van der Waals surface area contributed by atoms with Crippen LogP contribution in [-0.2, 0) is 19.6 Å². The van der Waals surface area contributed by atoms with Crippen LogP contribution in [0.3, 0.4) is 0 Å². The molecule has 1 atom stereocenters. The Kier molecular flexibility index (Phi) is 7.29. The highest BCUT2D eigenvalue weighted by Crippen LogP contribution is 2.35. The van der Waals surface area contributed by atoms with E-state index in [0.717, 1.165) is 18.4 Å². The van der Waals surface area contributed by atoms with Crippen LogP contribution in [0.15, 0.2) is 30.3 Å². The third-order valence-corrected chi connectivity index (χ3v) is 7.57. The van der Waals surface area contributed by atoms with Crippen LogP contribution in [0.1, 0.15) is 50.6 Å². The largest absolute Gasteiger partial charge is 0.355 e. The van der Waals surface area contributed by atoms with Gasteiger partial charge < -0.3 is 10.2 Å². The standard InChI is InChI=1S/C21H31N3O4S/c1-2-15-29(27,28)23-12-6-13-24(21(26)18-9-10-18)19(16-20(25)22-11-14-23)17-7-4-3-5-8-17/h3-5,7-8,18-19H,2,6,9-16H2,1H3,(H,22,25). The molecule has 1 saturated heterocycles. The second-order valence-electron chi connectivity index (χ2n) is 7.86. The van der Waals surface area contributed by atoms with Crippen LogP contribution in [0.5, 0.6) is 0 Å². The topological polar surface area (TPSA) is 86.8 Å². The van der Waals surface area contributed by atoms with Gasteiger partial charge >= 0.3 is 0 Å². The van der Waals surface area contributed by atoms with E-state index >= 15 is 0 Å². The smallest absolute Gasteiger partial charge is 0.226 e. The van der Waals surface area contributed by atoms with Crippen molar-refractivity contribution < 1.29 is 18.0 Å². The van der Waals surface area contributed by atoms with E-state index in [1.807, 2.05) is 42.2 Å². The number of carbonyl (C=O) groups is 2. The molecule has 1 heterocycles. The number of amides is 2. The van der Waals surface area contributed by atoms with Gasteiger partial charge in [0.25, 0.3) is 0 Å². The molecule has 0 spiro atoms. The first kappa shape index (κ1) is 21.8. The first-order valence-electron chi connectivity index (χ1n) is 10.5. The Hall–Kier alpha value is -1.93. The lowest BCUT2D eigenvalue weighted by atomic mass is 10.0. The van der Waals surface area contributed by atoms with E-state index in [0.29, 0.717) is 25.9 Å². The Morgan fingerprint density at radius 3 is 2.52 bits per heavy atom. The monoisotopic (exact) mass is 421 g/mol. The van der Waals surface area contributed by atoms with Crippen LogP contribution in [-0.4, -0.2) is 61.4 Å². The number of carbonyl (C=O) groups excluding carboxylic acids is 2. The van der Waals surface area contributed by atoms with E-state index in [1.54, 1.807) is 0 Å². The fraction of sp³-hybridized carbons (Fsp3) is 0.619. The highest BCUT2D eigenvalue weighted by molar-refractivity contribution is 7.89. The lowest BCUT2D eigenvalue weighted by Crippen LogP contribution is -2.40. The third kappa shape index (κ3) is 5.79. The van der Waals surface area contributed by atoms with Gasteiger partial charge in [-0.3, -0.25) is 9.59 Å². The molecular weight excluding hydrogens is 390 g/mol. The first-order chi connectivity index (χ1) is 13.9. The Bertz CT molecular complexity index is 808. The van der Waals surface area contributed by atoms with E-state index in [1.165, 1.54) is 4.31 Å². The highest BCUT2D eigenvalue weighted by Gasteiger charge is 2.37. The minimum Gasteiger partial charge on any atom is -0.355 e. The van der Waals surface area contributed by atoms with Crippen molar-refractivity contribution in [3.63, 3.8) is 0 Å². The normalized spacial score (nSPS) is 22.6. The molecule has 1 aliphatic carbocycles. The summed E-state index contributed by atoms with van der Waals surface area (Å²) in [4.78, 5) is 27.5. The van der Waals surface area contributed by atoms with Crippen molar-refractivity contribution in [2.75, 3.05) is 31.9 Å². The number of hydrogen-bond acceptors (Lipinski definition) is 4. The minimum atomic E-state index is -3.36. The molecule has 1 aliphatic heterocycles. The van der Waals surface area contributed by atoms with Gasteiger partial charge in [-0.25, -0.2) is 12.7 Å². The van der Waals surface area contributed by atoms with Crippen LogP contribution in [0.4, 0.5) is 0 Å². The number of sulfonamides is 1. The predicted molar refractivity (Wildman–Crippen MR) is 112 cm³/mol. The van der Waals surface area contributed by atoms with Gasteiger partial charge in [0.2, 0.25) is 21.8 Å². The molecule has 0 bridgehead atoms. The minimum absolute atomic E-state index is 0.0364. The van der Waals surface area contributed by atoms with Crippen molar-refractivity contribution in [1.82, 2.24) is 14.5 Å². The molecule has 1 aromatic carbocycles. The molecule has 2 aliphatic rings. The van der Waals surface area contributed by atoms with Gasteiger partial charge in [-0.15, -0.1) is 0 Å². The summed E-state index contributed by atoms with van der Waals surface area (Å²) >= 11 is 0. The van der Waals surface area contributed by atoms with E-state index in [2.05, 4.69) is 5.32 Å². The molecule has 29 heavy (non-hydrogen) atoms. The lowest BCUT2D eigenvalue weighted by Gasteiger charge is -2.32. The zero-order valence-corrected chi connectivity index (χ0v) is 17.9. The summed E-state index contributed by atoms with van der Waals surface area (Å²) in [5, 5.41) is 2.85. The van der Waals surface area contributed by atoms with Gasteiger partial charge in [0, 0.05) is 32.1 Å². The molecule has 3 rings (SSSR count). The fourth-order valence-corrected chi connectivity index (χ4v) is 5.38. The number of nitrogens with one attached hydrogen (secondary N) is 1. The predicted octanol–water partition coefficient (Wildman–Crippen LogP) is 1.92. The maximum absolute atomic E-state index is 13.0. The van der Waals surface area contributed by atoms with E-state index < -0.39 is 10.0 Å². The molecule has 0 aromatic heterocycles. The van der Waals surface area contributed by atoms with Crippen LogP contribution >= 0.6 is 0 Å². The maximum atomic E-state index is 13.0. The SMILES string of the molecule is CCCS(=O)(=O)N1CCCN(C(=O)C2CC2)C(c2ccccc2)CC(=O)NCC1. The number of hydrogen-bond donors (Lipinski definition) is 1. The van der Waals surface area contributed by atoms with E-state index in [4.69, 9.17) is 0 Å². The molecule has 7 nitrogen and oxygen atoms in total. The van der Waals surface area contributed by atoms with Crippen molar-refractivity contribution in [1.29, 1.82) is 0 Å². The zero-order chi connectivity index (χ0) is 20.9. The Morgan fingerprint density at radius 1 is 1.14 bits per heavy atom. The maximum Gasteiger partial charge on any atom is 0.226 e. The van der Waals surface area contributed by atoms with Crippen LogP contribution in [0, 0.1) is 5.92 Å². The highest BCUT2D eigenvalue weighted by atomic mass is 32.2. The van der Waals surface area contributed by atoms with Crippen molar-refractivity contribution >= 4 is 21.8 Å². The van der Waals surface area contributed by atoms with Crippen molar-refractivity contribution in [2.24, 2.45) is 5.92 Å². The summed E-state index contributed by atoms with van der Waals surface area (Å²) in [7, 11) is -3.36. The number of nitrogens with zero attached hydrogens (tertiary/aromatic N) is 2. The Morgan fingerprint density at radius 2 is 1.86 bits per heavy atom. The van der Waals surface area contributed by atoms with Gasteiger partial charge in [0.1, 0.15) is 0 Å². The zero-order valence-electron chi connectivity index (χ0n) is 17.0. The van der Waals surface area contributed by atoms with Gasteiger partial charge in [-0.2, -0.15) is 0 Å². The van der Waals surface area contributed by atoms with Crippen LogP contribution in [0.25, 0.3) is 0 Å². The summed E-state index contributed by atoms with van der Waals surface area (Å²) in [5.41, 5.74) is 0.936. The van der Waals surface area contributed by atoms with Crippen LogP contribution < -0.4 is 5.32 Å². The van der Waals surface area contributed by atoms with Crippen molar-refractivity contribution in [2.45, 2.75) is 45.1 Å². The molecule has 0 radical (unpaired) electrons. The average molecular weight is 422 g/mol. The summed E-state index contributed by atoms with van der Waals surface area (Å²) in [6.45, 7) is 3.18. The Labute approximate surface area is 173 Å². The van der Waals surface area contributed by atoms with Crippen molar-refractivity contribution in [3.8, 4) is 0 Å². The number of rotatable bonds is 5. The summed E-state index contributed by atoms with van der Waals surface area (Å²) in [6.07, 6.45) is 3.07. The number of benzene rings is 1. The van der Waals surface area contributed by atoms with Gasteiger partial charge in [0.05, 0.1) is 18.2 Å². The summed E-state index contributed by atoms with van der Waals surface area (Å²) < 4.78 is 26.6. The molecule has 1 aromatic rings. The molecule has 160 valence electrons. The second-order valence-corrected chi connectivity index (χ2v) is 9.94. The Balaban J connectivity index is 1.85. The fourth-order valence-electron chi connectivity index (χ4n) is 3.83. The molecular formula is C21H31N3O4S. The first-order valence-corrected chi connectivity index (χ1v) is 12.1. The van der Waals surface area contributed by atoms with Gasteiger partial charge in [-0.05, 0) is 31.2 Å². The summed E-state index contributed by atoms with van der Waals surface area (Å²) in [6, 6.07) is 9.31. The second kappa shape index (κ2) is 9.71. The quantitative estimate of drug-likeness (QED) is 0.787. The molecule has 1 unspecified atom stereocenters. The summed E-state index contributed by atoms with van der Waals surface area (Å²) in [5.74, 6) is 0.0450. The van der Waals surface area contributed by atoms with E-state index in [-0.39, 0.29) is 49.0 Å². The average Bonchev–Trinajstić information content (AvgIpc) is 3.53. The molecule has 8 heteroatoms. The molecule has 2 fully saturated rings. The third-order valence-electron chi connectivity index (χ3n) is 5.49. The van der Waals surface area contributed by atoms with Gasteiger partial charge in [-0.1, -0.05) is 37.3 Å². The van der Waals surface area contributed by atoms with Crippen LogP contribution in [0.2, 0.25) is 0 Å². The molecule has 1 N–H and O–H groups in total.